The molecule has 158 valence electrons. The minimum Gasteiger partial charge on any atom is -0.465 e. The predicted molar refractivity (Wildman–Crippen MR) is 117 cm³/mol. The summed E-state index contributed by atoms with van der Waals surface area (Å²) in [7, 11) is 0. The number of benzene rings is 1. The largest absolute Gasteiger partial charge is 0.465 e. The molecule has 0 bridgehead atoms. The lowest BCUT2D eigenvalue weighted by molar-refractivity contribution is -0.142. The van der Waals surface area contributed by atoms with Crippen LogP contribution in [0.5, 0.6) is 0 Å². The summed E-state index contributed by atoms with van der Waals surface area (Å²) < 4.78 is 5.14. The first-order valence-electron chi connectivity index (χ1n) is 10.8. The Morgan fingerprint density at radius 1 is 1.28 bits per heavy atom. The van der Waals surface area contributed by atoms with Crippen LogP contribution in [0.15, 0.2) is 23.2 Å². The van der Waals surface area contributed by atoms with E-state index >= 15 is 0 Å². The molecule has 29 heavy (non-hydrogen) atoms. The molecule has 1 fully saturated rings. The van der Waals surface area contributed by atoms with Gasteiger partial charge in [0.15, 0.2) is 0 Å². The third-order valence-electron chi connectivity index (χ3n) is 6.09. The van der Waals surface area contributed by atoms with Crippen molar-refractivity contribution in [2.24, 2.45) is 16.8 Å². The Hall–Kier alpha value is -1.88. The summed E-state index contributed by atoms with van der Waals surface area (Å²) in [6.45, 7) is 6.06. The molecule has 1 saturated carbocycles. The number of rotatable bonds is 6. The fourth-order valence-corrected chi connectivity index (χ4v) is 4.47. The third kappa shape index (κ3) is 4.82. The van der Waals surface area contributed by atoms with Gasteiger partial charge < -0.3 is 4.74 Å². The highest BCUT2D eigenvalue weighted by Gasteiger charge is 2.37. The number of amides is 1. The smallest absolute Gasteiger partial charge is 0.326 e. The van der Waals surface area contributed by atoms with Crippen LogP contribution in [0.2, 0.25) is 5.02 Å². The molecule has 0 aromatic heterocycles. The Bertz CT molecular complexity index is 786. The number of ether oxygens (including phenoxy) is 1. The van der Waals surface area contributed by atoms with Crippen molar-refractivity contribution in [1.82, 2.24) is 0 Å². The average Bonchev–Trinajstić information content (AvgIpc) is 2.83. The lowest BCUT2D eigenvalue weighted by atomic mass is 9.82. The highest BCUT2D eigenvalue weighted by molar-refractivity contribution is 6.31. The van der Waals surface area contributed by atoms with Crippen LogP contribution in [0.4, 0.5) is 5.69 Å². The van der Waals surface area contributed by atoms with E-state index in [4.69, 9.17) is 21.3 Å². The molecule has 2 aliphatic rings. The zero-order valence-corrected chi connectivity index (χ0v) is 18.4. The molecule has 1 aromatic rings. The zero-order chi connectivity index (χ0) is 21.0. The predicted octanol–water partition coefficient (Wildman–Crippen LogP) is 5.03. The van der Waals surface area contributed by atoms with Gasteiger partial charge in [-0.25, -0.2) is 0 Å². The van der Waals surface area contributed by atoms with Crippen LogP contribution in [-0.2, 0) is 14.3 Å². The standard InChI is InChI=1S/C23H31ClN2O3/c1-4-15(3)21-23(28)26(14-20(27)29-5-2)19-12-11-17(24)13-18(19)22(25-21)16-9-7-6-8-10-16/h11-13,15-16,21H,4-10,14H2,1-3H3/t15?,21-/m0/s1. The van der Waals surface area contributed by atoms with Gasteiger partial charge in [0.2, 0.25) is 0 Å². The van der Waals surface area contributed by atoms with Gasteiger partial charge >= 0.3 is 5.97 Å². The second-order valence-corrected chi connectivity index (χ2v) is 8.51. The van der Waals surface area contributed by atoms with Gasteiger partial charge in [-0.05, 0) is 43.9 Å². The number of carbonyl (C=O) groups is 2. The first-order chi connectivity index (χ1) is 14.0. The first kappa shape index (κ1) is 21.8. The monoisotopic (exact) mass is 418 g/mol. The van der Waals surface area contributed by atoms with Crippen LogP contribution in [0.1, 0.15) is 64.9 Å². The number of hydrogen-bond acceptors (Lipinski definition) is 4. The molecule has 1 aliphatic carbocycles. The molecule has 1 aromatic carbocycles. The van der Waals surface area contributed by atoms with E-state index in [-0.39, 0.29) is 25.0 Å². The van der Waals surface area contributed by atoms with Gasteiger partial charge in [-0.15, -0.1) is 0 Å². The van der Waals surface area contributed by atoms with E-state index in [9.17, 15) is 9.59 Å². The number of aliphatic imine (C=N–C) groups is 1. The van der Waals surface area contributed by atoms with Crippen molar-refractivity contribution in [1.29, 1.82) is 0 Å². The number of carbonyl (C=O) groups excluding carboxylic acids is 2. The summed E-state index contributed by atoms with van der Waals surface area (Å²) in [5.74, 6) is -0.147. The SMILES string of the molecule is CCOC(=O)CN1C(=O)[C@H](C(C)CC)N=C(C2CCCCC2)c2cc(Cl)ccc21. The zero-order valence-electron chi connectivity index (χ0n) is 17.6. The number of anilines is 1. The molecular formula is C23H31ClN2O3. The molecule has 5 nitrogen and oxygen atoms in total. The lowest BCUT2D eigenvalue weighted by Gasteiger charge is -2.26. The second-order valence-electron chi connectivity index (χ2n) is 8.07. The maximum absolute atomic E-state index is 13.5. The molecule has 1 heterocycles. The van der Waals surface area contributed by atoms with Crippen molar-refractivity contribution in [3.8, 4) is 0 Å². The van der Waals surface area contributed by atoms with Crippen molar-refractivity contribution in [3.05, 3.63) is 28.8 Å². The molecule has 1 amide bonds. The van der Waals surface area contributed by atoms with Gasteiger partial charge in [0.25, 0.3) is 5.91 Å². The molecule has 6 heteroatoms. The van der Waals surface area contributed by atoms with E-state index in [1.807, 2.05) is 12.1 Å². The fraction of sp³-hybridized carbons (Fsp3) is 0.609. The van der Waals surface area contributed by atoms with Crippen molar-refractivity contribution in [2.75, 3.05) is 18.1 Å². The molecule has 0 N–H and O–H groups in total. The van der Waals surface area contributed by atoms with E-state index in [1.165, 1.54) is 19.3 Å². The van der Waals surface area contributed by atoms with Crippen LogP contribution >= 0.6 is 11.6 Å². The van der Waals surface area contributed by atoms with Crippen LogP contribution in [0, 0.1) is 11.8 Å². The molecule has 0 spiro atoms. The van der Waals surface area contributed by atoms with Crippen LogP contribution in [0.25, 0.3) is 0 Å². The van der Waals surface area contributed by atoms with E-state index in [0.717, 1.165) is 30.5 Å². The Kier molecular flexibility index (Phi) is 7.33. The number of fused-ring (bicyclic) bond motifs is 1. The quantitative estimate of drug-likeness (QED) is 0.608. The minimum atomic E-state index is -0.502. The molecule has 1 unspecified atom stereocenters. The molecule has 0 radical (unpaired) electrons. The minimum absolute atomic E-state index is 0.0792. The van der Waals surface area contributed by atoms with Gasteiger partial charge in [0.1, 0.15) is 12.6 Å². The fourth-order valence-electron chi connectivity index (χ4n) is 4.30. The van der Waals surface area contributed by atoms with Crippen LogP contribution in [-0.4, -0.2) is 36.8 Å². The summed E-state index contributed by atoms with van der Waals surface area (Å²) >= 11 is 6.35. The summed E-state index contributed by atoms with van der Waals surface area (Å²) in [6, 6.07) is 5.01. The Morgan fingerprint density at radius 3 is 2.66 bits per heavy atom. The molecule has 0 saturated heterocycles. The first-order valence-corrected chi connectivity index (χ1v) is 11.2. The molecule has 1 aliphatic heterocycles. The summed E-state index contributed by atoms with van der Waals surface area (Å²) in [5, 5.41) is 0.609. The van der Waals surface area contributed by atoms with Crippen LogP contribution in [0.3, 0.4) is 0 Å². The average molecular weight is 419 g/mol. The normalized spacial score (nSPS) is 21.2. The second kappa shape index (κ2) is 9.75. The van der Waals surface area contributed by atoms with Crippen molar-refractivity contribution in [3.63, 3.8) is 0 Å². The lowest BCUT2D eigenvalue weighted by Crippen LogP contribution is -2.43. The maximum Gasteiger partial charge on any atom is 0.326 e. The highest BCUT2D eigenvalue weighted by Crippen LogP contribution is 2.36. The van der Waals surface area contributed by atoms with E-state index < -0.39 is 12.0 Å². The molecular weight excluding hydrogens is 388 g/mol. The topological polar surface area (TPSA) is 59.0 Å². The van der Waals surface area contributed by atoms with Crippen LogP contribution < -0.4 is 4.90 Å². The third-order valence-corrected chi connectivity index (χ3v) is 6.33. The Balaban J connectivity index is 2.12. The van der Waals surface area contributed by atoms with Gasteiger partial charge in [0.05, 0.1) is 12.3 Å². The summed E-state index contributed by atoms with van der Waals surface area (Å²) in [4.78, 5) is 32.4. The van der Waals surface area contributed by atoms with Crippen molar-refractivity contribution < 1.29 is 14.3 Å². The number of halogens is 1. The Morgan fingerprint density at radius 2 is 2.00 bits per heavy atom. The van der Waals surface area contributed by atoms with Gasteiger partial charge in [-0.2, -0.15) is 0 Å². The van der Waals surface area contributed by atoms with E-state index in [1.54, 1.807) is 17.9 Å². The number of esters is 1. The molecule has 3 rings (SSSR count). The van der Waals surface area contributed by atoms with Crippen molar-refractivity contribution in [2.45, 2.75) is 65.3 Å². The molecule has 2 atom stereocenters. The highest BCUT2D eigenvalue weighted by atomic mass is 35.5. The summed E-state index contributed by atoms with van der Waals surface area (Å²) in [5.41, 5.74) is 2.57. The van der Waals surface area contributed by atoms with Gasteiger partial charge in [-0.1, -0.05) is 51.1 Å². The summed E-state index contributed by atoms with van der Waals surface area (Å²) in [6.07, 6.45) is 6.58. The Labute approximate surface area is 178 Å². The van der Waals surface area contributed by atoms with E-state index in [2.05, 4.69) is 13.8 Å². The van der Waals surface area contributed by atoms with Crippen molar-refractivity contribution >= 4 is 34.9 Å². The van der Waals surface area contributed by atoms with Gasteiger partial charge in [-0.3, -0.25) is 19.5 Å². The van der Waals surface area contributed by atoms with Gasteiger partial charge in [0, 0.05) is 22.2 Å². The number of benzodiazepines with no additional fused rings is 1. The van der Waals surface area contributed by atoms with E-state index in [0.29, 0.717) is 16.6 Å². The maximum atomic E-state index is 13.5. The number of hydrogen-bond donors (Lipinski definition) is 0. The number of nitrogens with zero attached hydrogens (tertiary/aromatic N) is 2.